The molecule has 0 radical (unpaired) electrons. The van der Waals surface area contributed by atoms with E-state index in [1.807, 2.05) is 16.9 Å². The van der Waals surface area contributed by atoms with Gasteiger partial charge in [0, 0.05) is 25.5 Å². The quantitative estimate of drug-likeness (QED) is 0.726. The first-order valence-electron chi connectivity index (χ1n) is 6.07. The number of rotatable bonds is 4. The van der Waals surface area contributed by atoms with Crippen molar-refractivity contribution in [2.24, 2.45) is 5.92 Å². The number of hydrogen-bond donors (Lipinski definition) is 0. The minimum Gasteiger partial charge on any atom is -0.469 e. The third-order valence-electron chi connectivity index (χ3n) is 3.24. The van der Waals surface area contributed by atoms with E-state index in [1.54, 1.807) is 6.20 Å². The average Bonchev–Trinajstić information content (AvgIpc) is 2.89. The third-order valence-corrected chi connectivity index (χ3v) is 3.24. The fraction of sp³-hybridized carbons (Fsp3) is 0.667. The lowest BCUT2D eigenvalue weighted by atomic mass is 9.98. The fourth-order valence-corrected chi connectivity index (χ4v) is 2.29. The highest BCUT2D eigenvalue weighted by atomic mass is 16.5. The molecule has 5 heteroatoms. The molecule has 1 fully saturated rings. The van der Waals surface area contributed by atoms with Gasteiger partial charge in [-0.25, -0.2) is 0 Å². The van der Waals surface area contributed by atoms with Crippen molar-refractivity contribution >= 4 is 5.97 Å². The Hall–Kier alpha value is -1.36. The maximum absolute atomic E-state index is 11.5. The van der Waals surface area contributed by atoms with Gasteiger partial charge >= 0.3 is 5.97 Å². The SMILES string of the molecule is COC(=O)[C@H]1CCCN(CCn2cccn2)C1. The van der Waals surface area contributed by atoms with Gasteiger partial charge in [0.2, 0.25) is 0 Å². The van der Waals surface area contributed by atoms with Gasteiger partial charge in [-0.15, -0.1) is 0 Å². The Bertz CT molecular complexity index is 351. The van der Waals surface area contributed by atoms with E-state index in [9.17, 15) is 4.79 Å². The van der Waals surface area contributed by atoms with Crippen LogP contribution in [0.25, 0.3) is 0 Å². The number of esters is 1. The Labute approximate surface area is 101 Å². The maximum Gasteiger partial charge on any atom is 0.309 e. The smallest absolute Gasteiger partial charge is 0.309 e. The number of ether oxygens (including phenoxy) is 1. The van der Waals surface area contributed by atoms with Gasteiger partial charge in [-0.05, 0) is 25.5 Å². The van der Waals surface area contributed by atoms with Crippen molar-refractivity contribution in [3.63, 3.8) is 0 Å². The van der Waals surface area contributed by atoms with Crippen molar-refractivity contribution in [3.8, 4) is 0 Å². The summed E-state index contributed by atoms with van der Waals surface area (Å²) in [5, 5.41) is 4.17. The molecule has 0 bridgehead atoms. The molecule has 17 heavy (non-hydrogen) atoms. The van der Waals surface area contributed by atoms with E-state index in [1.165, 1.54) is 7.11 Å². The lowest BCUT2D eigenvalue weighted by Crippen LogP contribution is -2.40. The Kier molecular flexibility index (Phi) is 4.14. The van der Waals surface area contributed by atoms with Crippen LogP contribution in [0, 0.1) is 5.92 Å². The molecule has 0 N–H and O–H groups in total. The van der Waals surface area contributed by atoms with Crippen LogP contribution in [0.2, 0.25) is 0 Å². The zero-order chi connectivity index (χ0) is 12.1. The molecule has 0 amide bonds. The van der Waals surface area contributed by atoms with Crippen LogP contribution in [-0.4, -0.2) is 47.4 Å². The van der Waals surface area contributed by atoms with Crippen LogP contribution in [0.4, 0.5) is 0 Å². The van der Waals surface area contributed by atoms with E-state index in [-0.39, 0.29) is 11.9 Å². The molecule has 1 aliphatic heterocycles. The van der Waals surface area contributed by atoms with E-state index >= 15 is 0 Å². The fourth-order valence-electron chi connectivity index (χ4n) is 2.29. The maximum atomic E-state index is 11.5. The minimum absolute atomic E-state index is 0.0476. The molecule has 1 aromatic rings. The number of piperidine rings is 1. The lowest BCUT2D eigenvalue weighted by molar-refractivity contribution is -0.147. The molecular weight excluding hydrogens is 218 g/mol. The summed E-state index contributed by atoms with van der Waals surface area (Å²) in [6, 6.07) is 1.92. The Balaban J connectivity index is 1.79. The van der Waals surface area contributed by atoms with Gasteiger partial charge in [0.25, 0.3) is 0 Å². The van der Waals surface area contributed by atoms with Crippen molar-refractivity contribution in [3.05, 3.63) is 18.5 Å². The Morgan fingerprint density at radius 3 is 3.12 bits per heavy atom. The van der Waals surface area contributed by atoms with Gasteiger partial charge < -0.3 is 9.64 Å². The lowest BCUT2D eigenvalue weighted by Gasteiger charge is -2.31. The molecular formula is C12H19N3O2. The number of carbonyl (C=O) groups is 1. The molecule has 0 aliphatic carbocycles. The minimum atomic E-state index is -0.0752. The molecule has 94 valence electrons. The molecule has 2 heterocycles. The number of carbonyl (C=O) groups excluding carboxylic acids is 1. The summed E-state index contributed by atoms with van der Waals surface area (Å²) in [6.07, 6.45) is 5.76. The van der Waals surface area contributed by atoms with Crippen LogP contribution in [-0.2, 0) is 16.1 Å². The van der Waals surface area contributed by atoms with E-state index in [2.05, 4.69) is 10.00 Å². The number of hydrogen-bond acceptors (Lipinski definition) is 4. The molecule has 1 atom stereocenters. The van der Waals surface area contributed by atoms with Gasteiger partial charge in [-0.1, -0.05) is 0 Å². The van der Waals surface area contributed by atoms with Gasteiger partial charge in [-0.3, -0.25) is 9.48 Å². The highest BCUT2D eigenvalue weighted by Gasteiger charge is 2.25. The molecule has 0 saturated carbocycles. The van der Waals surface area contributed by atoms with E-state index in [0.717, 1.165) is 39.0 Å². The second-order valence-electron chi connectivity index (χ2n) is 4.43. The first kappa shape index (κ1) is 12.1. The summed E-state index contributed by atoms with van der Waals surface area (Å²) in [5.41, 5.74) is 0. The average molecular weight is 237 g/mol. The number of aromatic nitrogens is 2. The first-order valence-corrected chi connectivity index (χ1v) is 6.07. The van der Waals surface area contributed by atoms with Crippen molar-refractivity contribution in [1.82, 2.24) is 14.7 Å². The molecule has 0 unspecified atom stereocenters. The van der Waals surface area contributed by atoms with Crippen molar-refractivity contribution in [2.45, 2.75) is 19.4 Å². The predicted octanol–water partition coefficient (Wildman–Crippen LogP) is 0.768. The molecule has 1 aromatic heterocycles. The second kappa shape index (κ2) is 5.82. The molecule has 0 spiro atoms. The molecule has 5 nitrogen and oxygen atoms in total. The summed E-state index contributed by atoms with van der Waals surface area (Å²) >= 11 is 0. The summed E-state index contributed by atoms with van der Waals surface area (Å²) in [4.78, 5) is 13.8. The van der Waals surface area contributed by atoms with Crippen LogP contribution < -0.4 is 0 Å². The van der Waals surface area contributed by atoms with Crippen LogP contribution in [0.5, 0.6) is 0 Å². The standard InChI is InChI=1S/C12H19N3O2/c1-17-12(16)11-4-2-6-14(10-11)8-9-15-7-3-5-13-15/h3,5,7,11H,2,4,6,8-10H2,1H3/t11-/m0/s1. The van der Waals surface area contributed by atoms with Crippen molar-refractivity contribution in [2.75, 3.05) is 26.7 Å². The highest BCUT2D eigenvalue weighted by Crippen LogP contribution is 2.17. The molecule has 0 aromatic carbocycles. The predicted molar refractivity (Wildman–Crippen MR) is 63.4 cm³/mol. The van der Waals surface area contributed by atoms with Crippen LogP contribution in [0.1, 0.15) is 12.8 Å². The Morgan fingerprint density at radius 1 is 1.53 bits per heavy atom. The molecule has 2 rings (SSSR count). The molecule has 1 saturated heterocycles. The third kappa shape index (κ3) is 3.30. The van der Waals surface area contributed by atoms with Crippen LogP contribution in [0.15, 0.2) is 18.5 Å². The second-order valence-corrected chi connectivity index (χ2v) is 4.43. The highest BCUT2D eigenvalue weighted by molar-refractivity contribution is 5.72. The van der Waals surface area contributed by atoms with Crippen LogP contribution in [0.3, 0.4) is 0 Å². The normalized spacial score (nSPS) is 21.4. The van der Waals surface area contributed by atoms with Crippen molar-refractivity contribution < 1.29 is 9.53 Å². The summed E-state index contributed by atoms with van der Waals surface area (Å²) in [6.45, 7) is 3.69. The van der Waals surface area contributed by atoms with Crippen LogP contribution >= 0.6 is 0 Å². The number of nitrogens with zero attached hydrogens (tertiary/aromatic N) is 3. The van der Waals surface area contributed by atoms with Gasteiger partial charge in [0.15, 0.2) is 0 Å². The number of methoxy groups -OCH3 is 1. The van der Waals surface area contributed by atoms with Gasteiger partial charge in [-0.2, -0.15) is 5.10 Å². The zero-order valence-corrected chi connectivity index (χ0v) is 10.2. The van der Waals surface area contributed by atoms with Gasteiger partial charge in [0.1, 0.15) is 0 Å². The molecule has 1 aliphatic rings. The van der Waals surface area contributed by atoms with E-state index in [0.29, 0.717) is 0 Å². The number of likely N-dealkylation sites (tertiary alicyclic amines) is 1. The van der Waals surface area contributed by atoms with E-state index in [4.69, 9.17) is 4.74 Å². The largest absolute Gasteiger partial charge is 0.469 e. The monoisotopic (exact) mass is 237 g/mol. The zero-order valence-electron chi connectivity index (χ0n) is 10.2. The van der Waals surface area contributed by atoms with Gasteiger partial charge in [0.05, 0.1) is 19.6 Å². The summed E-state index contributed by atoms with van der Waals surface area (Å²) < 4.78 is 6.72. The van der Waals surface area contributed by atoms with Crippen molar-refractivity contribution in [1.29, 1.82) is 0 Å². The Morgan fingerprint density at radius 2 is 2.41 bits per heavy atom. The first-order chi connectivity index (χ1) is 8.29. The topological polar surface area (TPSA) is 47.4 Å². The summed E-state index contributed by atoms with van der Waals surface area (Å²) in [5.74, 6) is -0.0276. The summed E-state index contributed by atoms with van der Waals surface area (Å²) in [7, 11) is 1.46. The van der Waals surface area contributed by atoms with E-state index < -0.39 is 0 Å².